The van der Waals surface area contributed by atoms with Crippen molar-refractivity contribution in [2.75, 3.05) is 31.6 Å². The molecule has 0 aliphatic carbocycles. The number of rotatable bonds is 4. The highest BCUT2D eigenvalue weighted by Gasteiger charge is 2.29. The highest BCUT2D eigenvalue weighted by Crippen LogP contribution is 2.28. The molecule has 0 bridgehead atoms. The Balaban J connectivity index is 1.56. The van der Waals surface area contributed by atoms with Crippen molar-refractivity contribution in [2.24, 2.45) is 5.92 Å². The van der Waals surface area contributed by atoms with Crippen molar-refractivity contribution >= 4 is 23.5 Å². The molecule has 0 spiro atoms. The largest absolute Gasteiger partial charge is 0.466 e. The molecule has 1 fully saturated rings. The van der Waals surface area contributed by atoms with Gasteiger partial charge in [0.1, 0.15) is 0 Å². The highest BCUT2D eigenvalue weighted by atomic mass is 16.5. The van der Waals surface area contributed by atoms with Crippen LogP contribution in [0.2, 0.25) is 0 Å². The molecule has 2 aliphatic rings. The molecule has 0 atom stereocenters. The Kier molecular flexibility index (Phi) is 5.06. The molecule has 2 amide bonds. The molecule has 2 aliphatic heterocycles. The Hall–Kier alpha value is -2.37. The van der Waals surface area contributed by atoms with Crippen LogP contribution in [0.15, 0.2) is 18.2 Å². The first-order valence-corrected chi connectivity index (χ1v) is 8.82. The molecule has 6 heteroatoms. The molecule has 134 valence electrons. The van der Waals surface area contributed by atoms with E-state index in [9.17, 15) is 14.4 Å². The SMILES string of the molecule is CCOC(=O)C1CCN(C(=O)Cc2ccc3c(c2)CC(=O)N3C)CC1. The summed E-state index contributed by atoms with van der Waals surface area (Å²) >= 11 is 0. The van der Waals surface area contributed by atoms with E-state index in [4.69, 9.17) is 4.74 Å². The zero-order chi connectivity index (χ0) is 18.0. The third-order valence-corrected chi connectivity index (χ3v) is 5.04. The van der Waals surface area contributed by atoms with Crippen molar-refractivity contribution < 1.29 is 19.1 Å². The summed E-state index contributed by atoms with van der Waals surface area (Å²) in [6.45, 7) is 3.38. The molecule has 1 saturated heterocycles. The average molecular weight is 344 g/mol. The smallest absolute Gasteiger partial charge is 0.309 e. The first kappa shape index (κ1) is 17.5. The van der Waals surface area contributed by atoms with Crippen molar-refractivity contribution in [3.05, 3.63) is 29.3 Å². The summed E-state index contributed by atoms with van der Waals surface area (Å²) in [6, 6.07) is 5.78. The van der Waals surface area contributed by atoms with Crippen LogP contribution in [-0.2, 0) is 32.0 Å². The van der Waals surface area contributed by atoms with Crippen molar-refractivity contribution in [3.8, 4) is 0 Å². The van der Waals surface area contributed by atoms with Gasteiger partial charge in [-0.1, -0.05) is 12.1 Å². The number of likely N-dealkylation sites (tertiary alicyclic amines) is 1. The van der Waals surface area contributed by atoms with Crippen LogP contribution in [0.1, 0.15) is 30.9 Å². The number of piperidine rings is 1. The molecular formula is C19H24N2O4. The number of fused-ring (bicyclic) bond motifs is 1. The second-order valence-electron chi connectivity index (χ2n) is 6.68. The minimum absolute atomic E-state index is 0.0694. The van der Waals surface area contributed by atoms with Crippen LogP contribution in [0.4, 0.5) is 5.69 Å². The van der Waals surface area contributed by atoms with Gasteiger partial charge in [0.15, 0.2) is 0 Å². The predicted molar refractivity (Wildman–Crippen MR) is 93.2 cm³/mol. The molecule has 0 N–H and O–H groups in total. The molecule has 6 nitrogen and oxygen atoms in total. The minimum atomic E-state index is -0.151. The Morgan fingerprint density at radius 3 is 2.64 bits per heavy atom. The van der Waals surface area contributed by atoms with Gasteiger partial charge in [0.05, 0.1) is 25.4 Å². The zero-order valence-corrected chi connectivity index (χ0v) is 14.8. The molecule has 2 heterocycles. The number of hydrogen-bond donors (Lipinski definition) is 0. The van der Waals surface area contributed by atoms with Crippen molar-refractivity contribution in [1.82, 2.24) is 4.90 Å². The molecular weight excluding hydrogens is 320 g/mol. The van der Waals surface area contributed by atoms with Crippen LogP contribution >= 0.6 is 0 Å². The topological polar surface area (TPSA) is 66.9 Å². The number of esters is 1. The molecule has 1 aromatic carbocycles. The number of benzene rings is 1. The van der Waals surface area contributed by atoms with E-state index in [-0.39, 0.29) is 23.7 Å². The maximum atomic E-state index is 12.5. The molecule has 0 aromatic heterocycles. The number of ether oxygens (including phenoxy) is 1. The van der Waals surface area contributed by atoms with Crippen LogP contribution < -0.4 is 4.90 Å². The van der Waals surface area contributed by atoms with E-state index in [1.807, 2.05) is 23.1 Å². The standard InChI is InChI=1S/C19H24N2O4/c1-3-25-19(24)14-6-8-21(9-7-14)18(23)11-13-4-5-16-15(10-13)12-17(22)20(16)2/h4-5,10,14H,3,6-9,11-12H2,1-2H3. The number of hydrogen-bond acceptors (Lipinski definition) is 4. The van der Waals surface area contributed by atoms with E-state index < -0.39 is 0 Å². The maximum Gasteiger partial charge on any atom is 0.309 e. The Labute approximate surface area is 147 Å². The van der Waals surface area contributed by atoms with Crippen LogP contribution in [0.3, 0.4) is 0 Å². The van der Waals surface area contributed by atoms with E-state index in [0.29, 0.717) is 45.4 Å². The second kappa shape index (κ2) is 7.25. The summed E-state index contributed by atoms with van der Waals surface area (Å²) in [6.07, 6.45) is 2.05. The molecule has 25 heavy (non-hydrogen) atoms. The fourth-order valence-electron chi connectivity index (χ4n) is 3.54. The van der Waals surface area contributed by atoms with E-state index >= 15 is 0 Å². The second-order valence-corrected chi connectivity index (χ2v) is 6.68. The third-order valence-electron chi connectivity index (χ3n) is 5.04. The normalized spacial score (nSPS) is 17.6. The maximum absolute atomic E-state index is 12.5. The van der Waals surface area contributed by atoms with Crippen LogP contribution in [0, 0.1) is 5.92 Å². The fourth-order valence-corrected chi connectivity index (χ4v) is 3.54. The van der Waals surface area contributed by atoms with Gasteiger partial charge in [-0.2, -0.15) is 0 Å². The van der Waals surface area contributed by atoms with E-state index in [1.165, 1.54) is 0 Å². The lowest BCUT2D eigenvalue weighted by molar-refractivity contribution is -0.151. The van der Waals surface area contributed by atoms with E-state index in [0.717, 1.165) is 16.8 Å². The molecule has 0 radical (unpaired) electrons. The van der Waals surface area contributed by atoms with E-state index in [2.05, 4.69) is 0 Å². The number of anilines is 1. The summed E-state index contributed by atoms with van der Waals surface area (Å²) in [5.74, 6) is -0.0907. The fraction of sp³-hybridized carbons (Fsp3) is 0.526. The number of likely N-dealkylation sites (N-methyl/N-ethyl adjacent to an activating group) is 1. The Morgan fingerprint density at radius 2 is 1.96 bits per heavy atom. The monoisotopic (exact) mass is 344 g/mol. The summed E-state index contributed by atoms with van der Waals surface area (Å²) < 4.78 is 5.06. The lowest BCUT2D eigenvalue weighted by Crippen LogP contribution is -2.41. The number of nitrogens with zero attached hydrogens (tertiary/aromatic N) is 2. The van der Waals surface area contributed by atoms with Gasteiger partial charge in [0, 0.05) is 25.8 Å². The van der Waals surface area contributed by atoms with Crippen LogP contribution in [0.25, 0.3) is 0 Å². The van der Waals surface area contributed by atoms with Gasteiger partial charge < -0.3 is 14.5 Å². The summed E-state index contributed by atoms with van der Waals surface area (Å²) in [5.41, 5.74) is 2.84. The molecule has 0 saturated carbocycles. The van der Waals surface area contributed by atoms with Gasteiger partial charge in [-0.3, -0.25) is 14.4 Å². The molecule has 3 rings (SSSR count). The number of carbonyl (C=O) groups excluding carboxylic acids is 3. The quantitative estimate of drug-likeness (QED) is 0.777. The van der Waals surface area contributed by atoms with Crippen molar-refractivity contribution in [1.29, 1.82) is 0 Å². The third kappa shape index (κ3) is 3.67. The van der Waals surface area contributed by atoms with Gasteiger partial charge in [0.25, 0.3) is 0 Å². The lowest BCUT2D eigenvalue weighted by atomic mass is 9.96. The number of carbonyl (C=O) groups is 3. The van der Waals surface area contributed by atoms with Gasteiger partial charge >= 0.3 is 5.97 Å². The Morgan fingerprint density at radius 1 is 1.24 bits per heavy atom. The van der Waals surface area contributed by atoms with Crippen LogP contribution in [-0.4, -0.2) is 49.4 Å². The molecule has 0 unspecified atom stereocenters. The average Bonchev–Trinajstić information content (AvgIpc) is 2.89. The van der Waals surface area contributed by atoms with E-state index in [1.54, 1.807) is 18.9 Å². The van der Waals surface area contributed by atoms with Gasteiger partial charge in [-0.15, -0.1) is 0 Å². The molecule has 1 aromatic rings. The Bertz CT molecular complexity index is 693. The van der Waals surface area contributed by atoms with Gasteiger partial charge in [0.2, 0.25) is 11.8 Å². The van der Waals surface area contributed by atoms with Crippen molar-refractivity contribution in [3.63, 3.8) is 0 Å². The predicted octanol–water partition coefficient (Wildman–Crippen LogP) is 1.55. The minimum Gasteiger partial charge on any atom is -0.466 e. The highest BCUT2D eigenvalue weighted by molar-refractivity contribution is 6.01. The number of amides is 2. The zero-order valence-electron chi connectivity index (χ0n) is 14.8. The van der Waals surface area contributed by atoms with Gasteiger partial charge in [-0.25, -0.2) is 0 Å². The van der Waals surface area contributed by atoms with Crippen LogP contribution in [0.5, 0.6) is 0 Å². The van der Waals surface area contributed by atoms with Crippen molar-refractivity contribution in [2.45, 2.75) is 32.6 Å². The summed E-state index contributed by atoms with van der Waals surface area (Å²) in [4.78, 5) is 39.5. The summed E-state index contributed by atoms with van der Waals surface area (Å²) in [7, 11) is 1.77. The lowest BCUT2D eigenvalue weighted by Gasteiger charge is -2.31. The first-order chi connectivity index (χ1) is 12.0. The first-order valence-electron chi connectivity index (χ1n) is 8.82. The van der Waals surface area contributed by atoms with Gasteiger partial charge in [-0.05, 0) is 37.0 Å². The summed E-state index contributed by atoms with van der Waals surface area (Å²) in [5, 5.41) is 0.